The van der Waals surface area contributed by atoms with Crippen molar-refractivity contribution in [3.05, 3.63) is 68.7 Å². The van der Waals surface area contributed by atoms with E-state index in [4.69, 9.17) is 17.4 Å². The van der Waals surface area contributed by atoms with Gasteiger partial charge in [0.2, 0.25) is 0 Å². The molecule has 0 fully saturated rings. The van der Waals surface area contributed by atoms with Crippen molar-refractivity contribution in [3.8, 4) is 0 Å². The van der Waals surface area contributed by atoms with Crippen LogP contribution in [0.15, 0.2) is 40.9 Å². The highest BCUT2D eigenvalue weighted by atomic mass is 79.9. The second kappa shape index (κ2) is 5.96. The third-order valence-corrected chi connectivity index (χ3v) is 3.33. The number of nitrogens with one attached hydrogen (secondary N) is 1. The molecule has 19 heavy (non-hydrogen) atoms. The molecule has 0 aliphatic heterocycles. The van der Waals surface area contributed by atoms with Crippen LogP contribution in [0, 0.1) is 11.6 Å². The van der Waals surface area contributed by atoms with Gasteiger partial charge in [0, 0.05) is 21.1 Å². The van der Waals surface area contributed by atoms with Crippen LogP contribution in [0.1, 0.15) is 17.2 Å². The maximum atomic E-state index is 13.8. The van der Waals surface area contributed by atoms with Gasteiger partial charge >= 0.3 is 0 Å². The predicted octanol–water partition coefficient (Wildman–Crippen LogP) is 3.93. The Morgan fingerprint density at radius 1 is 1.16 bits per heavy atom. The van der Waals surface area contributed by atoms with E-state index in [1.165, 1.54) is 12.1 Å². The fraction of sp³-hybridized carbons (Fsp3) is 0.0769. The van der Waals surface area contributed by atoms with Crippen molar-refractivity contribution < 1.29 is 8.78 Å². The average molecular weight is 348 g/mol. The van der Waals surface area contributed by atoms with Crippen molar-refractivity contribution in [1.82, 2.24) is 5.43 Å². The minimum atomic E-state index is -0.668. The van der Waals surface area contributed by atoms with Gasteiger partial charge in [-0.3, -0.25) is 5.84 Å². The lowest BCUT2D eigenvalue weighted by atomic mass is 9.99. The van der Waals surface area contributed by atoms with Crippen molar-refractivity contribution >= 4 is 27.5 Å². The zero-order valence-electron chi connectivity index (χ0n) is 9.63. The molecule has 2 nitrogen and oxygen atoms in total. The third kappa shape index (κ3) is 3.30. The maximum absolute atomic E-state index is 13.8. The first-order valence-electron chi connectivity index (χ1n) is 5.38. The minimum Gasteiger partial charge on any atom is -0.271 e. The SMILES string of the molecule is NNC(c1cc(Cl)cc(Br)c1)c1ccc(F)cc1F. The first-order valence-corrected chi connectivity index (χ1v) is 6.55. The van der Waals surface area contributed by atoms with E-state index in [0.29, 0.717) is 10.6 Å². The monoisotopic (exact) mass is 346 g/mol. The fourth-order valence-electron chi connectivity index (χ4n) is 1.84. The van der Waals surface area contributed by atoms with Gasteiger partial charge in [0.1, 0.15) is 11.6 Å². The lowest BCUT2D eigenvalue weighted by molar-refractivity contribution is 0.541. The van der Waals surface area contributed by atoms with Crippen LogP contribution >= 0.6 is 27.5 Å². The van der Waals surface area contributed by atoms with E-state index in [0.717, 1.165) is 10.5 Å². The van der Waals surface area contributed by atoms with Crippen molar-refractivity contribution in [1.29, 1.82) is 0 Å². The number of benzene rings is 2. The molecule has 1 atom stereocenters. The lowest BCUT2D eigenvalue weighted by Gasteiger charge is -2.18. The van der Waals surface area contributed by atoms with Gasteiger partial charge in [-0.1, -0.05) is 33.6 Å². The van der Waals surface area contributed by atoms with Crippen molar-refractivity contribution in [2.24, 2.45) is 5.84 Å². The van der Waals surface area contributed by atoms with E-state index < -0.39 is 17.7 Å². The zero-order valence-corrected chi connectivity index (χ0v) is 12.0. The van der Waals surface area contributed by atoms with Crippen LogP contribution in [-0.4, -0.2) is 0 Å². The average Bonchev–Trinajstić information content (AvgIpc) is 2.31. The van der Waals surface area contributed by atoms with E-state index in [1.54, 1.807) is 18.2 Å². The second-order valence-electron chi connectivity index (χ2n) is 3.97. The number of hydrogen-bond acceptors (Lipinski definition) is 2. The quantitative estimate of drug-likeness (QED) is 0.652. The normalized spacial score (nSPS) is 12.5. The standard InChI is InChI=1S/C13H10BrClF2N2/c14-8-3-7(4-9(15)5-8)13(19-18)11-2-1-10(16)6-12(11)17/h1-6,13,19H,18H2. The summed E-state index contributed by atoms with van der Waals surface area (Å²) in [5, 5.41) is 0.493. The smallest absolute Gasteiger partial charge is 0.131 e. The summed E-state index contributed by atoms with van der Waals surface area (Å²) in [7, 11) is 0. The Labute approximate surface area is 122 Å². The summed E-state index contributed by atoms with van der Waals surface area (Å²) >= 11 is 9.26. The van der Waals surface area contributed by atoms with Gasteiger partial charge in [-0.25, -0.2) is 14.2 Å². The topological polar surface area (TPSA) is 38.0 Å². The molecule has 0 radical (unpaired) electrons. The van der Waals surface area contributed by atoms with Gasteiger partial charge in [-0.2, -0.15) is 0 Å². The highest BCUT2D eigenvalue weighted by molar-refractivity contribution is 9.10. The summed E-state index contributed by atoms with van der Waals surface area (Å²) in [6.45, 7) is 0. The number of halogens is 4. The Morgan fingerprint density at radius 3 is 2.47 bits per heavy atom. The van der Waals surface area contributed by atoms with Gasteiger partial charge in [-0.15, -0.1) is 0 Å². The van der Waals surface area contributed by atoms with Gasteiger partial charge in [0.15, 0.2) is 0 Å². The molecule has 3 N–H and O–H groups in total. The number of hydrogen-bond donors (Lipinski definition) is 2. The van der Waals surface area contributed by atoms with Gasteiger partial charge in [-0.05, 0) is 29.8 Å². The van der Waals surface area contributed by atoms with Crippen LogP contribution in [0.25, 0.3) is 0 Å². The number of hydrazine groups is 1. The van der Waals surface area contributed by atoms with E-state index in [9.17, 15) is 8.78 Å². The van der Waals surface area contributed by atoms with Crippen LogP contribution in [0.5, 0.6) is 0 Å². The Bertz CT molecular complexity index is 587. The number of nitrogens with two attached hydrogens (primary N) is 1. The largest absolute Gasteiger partial charge is 0.271 e. The van der Waals surface area contributed by atoms with Crippen molar-refractivity contribution in [3.63, 3.8) is 0 Å². The van der Waals surface area contributed by atoms with E-state index in [1.807, 2.05) is 0 Å². The van der Waals surface area contributed by atoms with E-state index in [2.05, 4.69) is 21.4 Å². The molecular weight excluding hydrogens is 338 g/mol. The second-order valence-corrected chi connectivity index (χ2v) is 5.32. The molecule has 0 spiro atoms. The van der Waals surface area contributed by atoms with Gasteiger partial charge < -0.3 is 0 Å². The molecule has 2 aromatic rings. The zero-order chi connectivity index (χ0) is 14.0. The molecule has 0 aliphatic carbocycles. The first-order chi connectivity index (χ1) is 9.01. The molecule has 2 rings (SSSR count). The van der Waals surface area contributed by atoms with Crippen molar-refractivity contribution in [2.75, 3.05) is 0 Å². The molecule has 0 amide bonds. The van der Waals surface area contributed by atoms with Crippen LogP contribution in [0.2, 0.25) is 5.02 Å². The number of rotatable bonds is 3. The molecular formula is C13H10BrClF2N2. The third-order valence-electron chi connectivity index (χ3n) is 2.66. The highest BCUT2D eigenvalue weighted by Gasteiger charge is 2.18. The predicted molar refractivity (Wildman–Crippen MR) is 74.7 cm³/mol. The van der Waals surface area contributed by atoms with Crippen LogP contribution in [-0.2, 0) is 0 Å². The van der Waals surface area contributed by atoms with E-state index >= 15 is 0 Å². The highest BCUT2D eigenvalue weighted by Crippen LogP contribution is 2.29. The van der Waals surface area contributed by atoms with Crippen LogP contribution < -0.4 is 11.3 Å². The molecule has 0 bridgehead atoms. The van der Waals surface area contributed by atoms with Crippen molar-refractivity contribution in [2.45, 2.75) is 6.04 Å². The Kier molecular flexibility index (Phi) is 4.52. The Balaban J connectivity index is 2.49. The van der Waals surface area contributed by atoms with Gasteiger partial charge in [0.25, 0.3) is 0 Å². The molecule has 0 saturated heterocycles. The summed E-state index contributed by atoms with van der Waals surface area (Å²) in [5.74, 6) is 4.17. The molecule has 0 aliphatic rings. The molecule has 1 unspecified atom stereocenters. The van der Waals surface area contributed by atoms with E-state index in [-0.39, 0.29) is 5.56 Å². The lowest BCUT2D eigenvalue weighted by Crippen LogP contribution is -2.29. The Hall–Kier alpha value is -1.01. The van der Waals surface area contributed by atoms with Gasteiger partial charge in [0.05, 0.1) is 6.04 Å². The fourth-order valence-corrected chi connectivity index (χ4v) is 2.73. The van der Waals surface area contributed by atoms with Crippen LogP contribution in [0.4, 0.5) is 8.78 Å². The minimum absolute atomic E-state index is 0.248. The summed E-state index contributed by atoms with van der Waals surface area (Å²) < 4.78 is 27.5. The molecule has 100 valence electrons. The Morgan fingerprint density at radius 2 is 1.89 bits per heavy atom. The van der Waals surface area contributed by atoms with Crippen LogP contribution in [0.3, 0.4) is 0 Å². The first kappa shape index (κ1) is 14.4. The molecule has 0 heterocycles. The molecule has 6 heteroatoms. The molecule has 0 saturated carbocycles. The summed E-state index contributed by atoms with van der Waals surface area (Å²) in [6.07, 6.45) is 0. The molecule has 0 aromatic heterocycles. The maximum Gasteiger partial charge on any atom is 0.131 e. The summed E-state index contributed by atoms with van der Waals surface area (Å²) in [5.41, 5.74) is 3.43. The summed E-state index contributed by atoms with van der Waals surface area (Å²) in [6, 6.07) is 7.88. The molecule has 2 aromatic carbocycles. The summed E-state index contributed by atoms with van der Waals surface area (Å²) in [4.78, 5) is 0.